The summed E-state index contributed by atoms with van der Waals surface area (Å²) >= 11 is 1.99. The van der Waals surface area contributed by atoms with E-state index < -0.39 is 0 Å². The molecule has 0 aliphatic carbocycles. The molecule has 3 heteroatoms. The maximum Gasteiger partial charge on any atom is 0.103 e. The smallest absolute Gasteiger partial charge is 0.103 e. The van der Waals surface area contributed by atoms with Crippen LogP contribution in [0.1, 0.15) is 56.2 Å². The zero-order chi connectivity index (χ0) is 18.6. The molecule has 0 fully saturated rings. The average Bonchev–Trinajstić information content (AvgIpc) is 3.18. The van der Waals surface area contributed by atoms with Crippen molar-refractivity contribution in [3.05, 3.63) is 52.0 Å². The molecule has 0 N–H and O–H groups in total. The van der Waals surface area contributed by atoms with Crippen LogP contribution in [-0.4, -0.2) is 4.57 Å². The Hall–Kier alpha value is -1.74. The van der Waals surface area contributed by atoms with E-state index in [-0.39, 0.29) is 16.4 Å². The molecule has 1 unspecified atom stereocenters. The van der Waals surface area contributed by atoms with Crippen LogP contribution >= 0.6 is 11.3 Å². The largest absolute Gasteiger partial charge is 0.356 e. The van der Waals surface area contributed by atoms with Crippen LogP contribution in [0, 0.1) is 12.3 Å². The molecule has 2 aliphatic heterocycles. The molecule has 2 aromatic heterocycles. The number of nitrogens with zero attached hydrogens (tertiary/aromatic N) is 2. The molecule has 0 saturated heterocycles. The van der Waals surface area contributed by atoms with Crippen molar-refractivity contribution in [1.82, 2.24) is 4.57 Å². The molecular formula is C23H28N2S. The Morgan fingerprint density at radius 1 is 1.04 bits per heavy atom. The number of aromatic nitrogens is 1. The summed E-state index contributed by atoms with van der Waals surface area (Å²) in [6, 6.07) is 9.19. The van der Waals surface area contributed by atoms with Gasteiger partial charge in [0.15, 0.2) is 0 Å². The molecule has 0 spiro atoms. The third-order valence-electron chi connectivity index (χ3n) is 8.07. The topological polar surface area (TPSA) is 8.17 Å². The predicted octanol–water partition coefficient (Wildman–Crippen LogP) is 6.10. The first kappa shape index (κ1) is 16.4. The van der Waals surface area contributed by atoms with Crippen molar-refractivity contribution in [3.63, 3.8) is 0 Å². The second-order valence-corrected chi connectivity index (χ2v) is 10.5. The van der Waals surface area contributed by atoms with Gasteiger partial charge in [-0.05, 0) is 36.5 Å². The number of para-hydroxylation sites is 1. The van der Waals surface area contributed by atoms with Crippen molar-refractivity contribution in [3.8, 4) is 0 Å². The molecule has 5 rings (SSSR count). The van der Waals surface area contributed by atoms with Crippen molar-refractivity contribution in [2.75, 3.05) is 4.90 Å². The molecular weight excluding hydrogens is 336 g/mol. The van der Waals surface area contributed by atoms with Crippen LogP contribution in [0.2, 0.25) is 0 Å². The van der Waals surface area contributed by atoms with Crippen molar-refractivity contribution in [2.45, 2.75) is 59.0 Å². The zero-order valence-corrected chi connectivity index (χ0v) is 17.7. The molecule has 0 radical (unpaired) electrons. The predicted molar refractivity (Wildman–Crippen MR) is 112 cm³/mol. The van der Waals surface area contributed by atoms with E-state index in [1.165, 1.54) is 27.0 Å². The quantitative estimate of drug-likeness (QED) is 0.468. The van der Waals surface area contributed by atoms with E-state index in [1.54, 1.807) is 10.4 Å². The number of hydrogen-bond donors (Lipinski definition) is 0. The Bertz CT molecular complexity index is 1070. The van der Waals surface area contributed by atoms with Gasteiger partial charge in [-0.1, -0.05) is 45.9 Å². The second kappa shape index (κ2) is 4.56. The van der Waals surface area contributed by atoms with E-state index >= 15 is 0 Å². The van der Waals surface area contributed by atoms with Crippen LogP contribution in [0.15, 0.2) is 30.5 Å². The average molecular weight is 365 g/mol. The lowest BCUT2D eigenvalue weighted by Crippen LogP contribution is -2.61. The molecule has 1 aromatic carbocycles. The fraction of sp³-hybridized carbons (Fsp3) is 0.478. The molecule has 1 atom stereocenters. The SMILES string of the molecule is Cc1cccc2c1N1Cc3sc4c(ccn4C)c3C1(C)C(C)(C)C2(C)C. The van der Waals surface area contributed by atoms with E-state index in [1.807, 2.05) is 11.3 Å². The minimum atomic E-state index is -0.00937. The Labute approximate surface area is 160 Å². The maximum atomic E-state index is 2.72. The molecule has 26 heavy (non-hydrogen) atoms. The summed E-state index contributed by atoms with van der Waals surface area (Å²) < 4.78 is 2.28. The van der Waals surface area contributed by atoms with Crippen LogP contribution in [0.3, 0.4) is 0 Å². The Kier molecular flexibility index (Phi) is 2.88. The van der Waals surface area contributed by atoms with E-state index in [0.717, 1.165) is 6.54 Å². The monoisotopic (exact) mass is 364 g/mol. The van der Waals surface area contributed by atoms with Gasteiger partial charge in [0.25, 0.3) is 0 Å². The summed E-state index contributed by atoms with van der Waals surface area (Å²) in [5, 5.41) is 1.46. The fourth-order valence-electron chi connectivity index (χ4n) is 5.65. The first-order chi connectivity index (χ1) is 12.1. The second-order valence-electron chi connectivity index (χ2n) is 9.43. The molecule has 4 heterocycles. The minimum Gasteiger partial charge on any atom is -0.356 e. The fourth-order valence-corrected chi connectivity index (χ4v) is 6.97. The maximum absolute atomic E-state index is 2.72. The third kappa shape index (κ3) is 1.52. The highest BCUT2D eigenvalue weighted by Gasteiger charge is 2.63. The summed E-state index contributed by atoms with van der Waals surface area (Å²) in [6.45, 7) is 15.6. The van der Waals surface area contributed by atoms with Gasteiger partial charge in [-0.3, -0.25) is 0 Å². The van der Waals surface area contributed by atoms with Crippen molar-refractivity contribution in [1.29, 1.82) is 0 Å². The Balaban J connectivity index is 1.91. The molecule has 3 aromatic rings. The number of thiophene rings is 1. The summed E-state index contributed by atoms with van der Waals surface area (Å²) in [5.74, 6) is 0. The number of hydrogen-bond acceptors (Lipinski definition) is 2. The van der Waals surface area contributed by atoms with Gasteiger partial charge >= 0.3 is 0 Å². The summed E-state index contributed by atoms with van der Waals surface area (Å²) in [7, 11) is 2.17. The first-order valence-corrected chi connectivity index (χ1v) is 10.4. The molecule has 0 amide bonds. The molecule has 2 nitrogen and oxygen atoms in total. The lowest BCUT2D eigenvalue weighted by atomic mass is 9.51. The highest BCUT2D eigenvalue weighted by molar-refractivity contribution is 7.19. The van der Waals surface area contributed by atoms with Crippen LogP contribution in [0.25, 0.3) is 10.2 Å². The van der Waals surface area contributed by atoms with Crippen LogP contribution in [-0.2, 0) is 24.5 Å². The van der Waals surface area contributed by atoms with E-state index in [4.69, 9.17) is 0 Å². The highest BCUT2D eigenvalue weighted by Crippen LogP contribution is 2.66. The van der Waals surface area contributed by atoms with Gasteiger partial charge in [-0.2, -0.15) is 0 Å². The lowest BCUT2D eigenvalue weighted by molar-refractivity contribution is 0.0693. The summed E-state index contributed by atoms with van der Waals surface area (Å²) in [5.41, 5.74) is 6.11. The number of rotatable bonds is 0. The number of benzene rings is 1. The molecule has 0 saturated carbocycles. The Morgan fingerprint density at radius 2 is 1.77 bits per heavy atom. The van der Waals surface area contributed by atoms with Crippen molar-refractivity contribution >= 4 is 27.2 Å². The van der Waals surface area contributed by atoms with Gasteiger partial charge in [0.2, 0.25) is 0 Å². The van der Waals surface area contributed by atoms with E-state index in [2.05, 4.69) is 88.5 Å². The number of anilines is 1. The first-order valence-electron chi connectivity index (χ1n) is 9.57. The van der Waals surface area contributed by atoms with Gasteiger partial charge in [0, 0.05) is 40.2 Å². The summed E-state index contributed by atoms with van der Waals surface area (Å²) in [6.07, 6.45) is 2.22. The molecule has 136 valence electrons. The lowest BCUT2D eigenvalue weighted by Gasteiger charge is -2.61. The van der Waals surface area contributed by atoms with Crippen LogP contribution in [0.5, 0.6) is 0 Å². The van der Waals surface area contributed by atoms with E-state index in [0.29, 0.717) is 0 Å². The normalized spacial score (nSPS) is 25.3. The van der Waals surface area contributed by atoms with Crippen molar-refractivity contribution < 1.29 is 0 Å². The highest BCUT2D eigenvalue weighted by atomic mass is 32.1. The van der Waals surface area contributed by atoms with Gasteiger partial charge in [0.1, 0.15) is 4.83 Å². The van der Waals surface area contributed by atoms with Crippen LogP contribution < -0.4 is 4.90 Å². The van der Waals surface area contributed by atoms with Gasteiger partial charge in [-0.15, -0.1) is 11.3 Å². The molecule has 2 aliphatic rings. The standard InChI is InChI=1S/C23H28N2S/c1-14-9-8-10-16-19(14)25-13-17-18(15-11-12-24(7)20(15)26-17)23(25,6)22(4,5)21(16,2)3/h8-12H,13H2,1-7H3. The van der Waals surface area contributed by atoms with Gasteiger partial charge < -0.3 is 9.47 Å². The minimum absolute atomic E-state index is 0.00937. The van der Waals surface area contributed by atoms with Crippen molar-refractivity contribution in [2.24, 2.45) is 12.5 Å². The van der Waals surface area contributed by atoms with E-state index in [9.17, 15) is 0 Å². The summed E-state index contributed by atoms with van der Waals surface area (Å²) in [4.78, 5) is 5.69. The Morgan fingerprint density at radius 3 is 2.50 bits per heavy atom. The molecule has 0 bridgehead atoms. The zero-order valence-electron chi connectivity index (χ0n) is 16.9. The number of fused-ring (bicyclic) bond motifs is 7. The van der Waals surface area contributed by atoms with Gasteiger partial charge in [0.05, 0.1) is 12.1 Å². The number of aryl methyl sites for hydroxylation is 2. The third-order valence-corrected chi connectivity index (χ3v) is 9.35. The van der Waals surface area contributed by atoms with Crippen LogP contribution in [0.4, 0.5) is 5.69 Å². The van der Waals surface area contributed by atoms with Gasteiger partial charge in [-0.25, -0.2) is 0 Å².